The summed E-state index contributed by atoms with van der Waals surface area (Å²) >= 11 is 0. The van der Waals surface area contributed by atoms with Crippen LogP contribution in [0.25, 0.3) is 0 Å². The smallest absolute Gasteiger partial charge is 0.396 e. The highest BCUT2D eigenvalue weighted by Crippen LogP contribution is 2.23. The fourth-order valence-corrected chi connectivity index (χ4v) is 1.80. The number of alkyl halides is 3. The fourth-order valence-electron chi connectivity index (χ4n) is 1.80. The van der Waals surface area contributed by atoms with E-state index < -0.39 is 41.5 Å². The van der Waals surface area contributed by atoms with E-state index in [1.54, 1.807) is 13.8 Å². The molecule has 1 aromatic carbocycles. The molecule has 0 aliphatic heterocycles. The van der Waals surface area contributed by atoms with Crippen LogP contribution in [0.15, 0.2) is 12.1 Å². The number of carbonyl (C=O) groups excluding carboxylic acids is 1. The Kier molecular flexibility index (Phi) is 5.14. The number of nitrogens with two attached hydrogens (primary N) is 1. The van der Waals surface area contributed by atoms with Crippen molar-refractivity contribution in [1.29, 1.82) is 0 Å². The zero-order chi connectivity index (χ0) is 16.4. The van der Waals surface area contributed by atoms with Crippen molar-refractivity contribution in [2.75, 3.05) is 18.8 Å². The molecule has 1 amide bonds. The Morgan fingerprint density at radius 2 is 1.86 bits per heavy atom. The summed E-state index contributed by atoms with van der Waals surface area (Å²) in [6.45, 7) is 1.30. The summed E-state index contributed by atoms with van der Waals surface area (Å²) in [7, 11) is 0. The minimum atomic E-state index is -4.67. The number of hydrogen-bond donors (Lipinski definition) is 1. The Labute approximate surface area is 118 Å². The molecule has 1 rings (SSSR count). The Morgan fingerprint density at radius 1 is 1.29 bits per heavy atom. The maximum Gasteiger partial charge on any atom is 0.406 e. The first-order chi connectivity index (χ1) is 9.53. The molecular weight excluding hydrogens is 295 g/mol. The van der Waals surface area contributed by atoms with Crippen molar-refractivity contribution in [2.24, 2.45) is 5.92 Å². The summed E-state index contributed by atoms with van der Waals surface area (Å²) < 4.78 is 64.9. The molecule has 3 nitrogen and oxygen atoms in total. The van der Waals surface area contributed by atoms with Crippen LogP contribution >= 0.6 is 0 Å². The maximum absolute atomic E-state index is 13.7. The topological polar surface area (TPSA) is 46.3 Å². The molecule has 0 radical (unpaired) electrons. The average Bonchev–Trinajstić information content (AvgIpc) is 2.31. The first-order valence-electron chi connectivity index (χ1n) is 6.12. The van der Waals surface area contributed by atoms with Gasteiger partial charge in [0.1, 0.15) is 17.9 Å². The van der Waals surface area contributed by atoms with Gasteiger partial charge in [0.15, 0.2) is 5.82 Å². The molecule has 0 saturated heterocycles. The normalized spacial score (nSPS) is 11.8. The van der Waals surface area contributed by atoms with Crippen molar-refractivity contribution in [3.05, 3.63) is 29.3 Å². The van der Waals surface area contributed by atoms with Crippen LogP contribution in [0, 0.1) is 17.6 Å². The van der Waals surface area contributed by atoms with Gasteiger partial charge in [0.25, 0.3) is 5.91 Å². The van der Waals surface area contributed by atoms with E-state index in [1.807, 2.05) is 0 Å². The summed E-state index contributed by atoms with van der Waals surface area (Å²) in [6.07, 6.45) is -4.67. The average molecular weight is 310 g/mol. The number of nitrogens with zero attached hydrogens (tertiary/aromatic N) is 1. The standard InChI is InChI=1S/C13H15F5N2O/c1-7(2)5-20(6-13(16,17)18)12(21)10-8(14)3-4-9(19)11(10)15/h3-4,7H,5-6,19H2,1-2H3. The summed E-state index contributed by atoms with van der Waals surface area (Å²) in [5.74, 6) is -4.27. The molecule has 118 valence electrons. The summed E-state index contributed by atoms with van der Waals surface area (Å²) in [5.41, 5.74) is 3.65. The Bertz CT molecular complexity index is 528. The van der Waals surface area contributed by atoms with Gasteiger partial charge < -0.3 is 10.6 Å². The van der Waals surface area contributed by atoms with Crippen molar-refractivity contribution < 1.29 is 26.7 Å². The fraction of sp³-hybridized carbons (Fsp3) is 0.462. The molecule has 0 unspecified atom stereocenters. The molecule has 0 spiro atoms. The highest BCUT2D eigenvalue weighted by atomic mass is 19.4. The highest BCUT2D eigenvalue weighted by molar-refractivity contribution is 5.95. The molecule has 0 aliphatic carbocycles. The van der Waals surface area contributed by atoms with Crippen LogP contribution in [0.4, 0.5) is 27.6 Å². The third-order valence-corrected chi connectivity index (χ3v) is 2.58. The minimum absolute atomic E-state index is 0.286. The summed E-state index contributed by atoms with van der Waals surface area (Å²) in [5, 5.41) is 0. The Morgan fingerprint density at radius 3 is 2.33 bits per heavy atom. The number of carbonyl (C=O) groups is 1. The lowest BCUT2D eigenvalue weighted by Gasteiger charge is -2.26. The van der Waals surface area contributed by atoms with Crippen molar-refractivity contribution >= 4 is 11.6 Å². The molecule has 0 aromatic heterocycles. The monoisotopic (exact) mass is 310 g/mol. The van der Waals surface area contributed by atoms with Crippen LogP contribution in [0.2, 0.25) is 0 Å². The maximum atomic E-state index is 13.7. The predicted molar refractivity (Wildman–Crippen MR) is 67.6 cm³/mol. The second-order valence-corrected chi connectivity index (χ2v) is 5.02. The second kappa shape index (κ2) is 6.28. The molecular formula is C13H15F5N2O. The van der Waals surface area contributed by atoms with Gasteiger partial charge >= 0.3 is 6.18 Å². The first-order valence-corrected chi connectivity index (χ1v) is 6.12. The minimum Gasteiger partial charge on any atom is -0.396 e. The van der Waals surface area contributed by atoms with Crippen LogP contribution in [0.1, 0.15) is 24.2 Å². The van der Waals surface area contributed by atoms with Gasteiger partial charge in [-0.25, -0.2) is 8.78 Å². The Balaban J connectivity index is 3.20. The van der Waals surface area contributed by atoms with Crippen LogP contribution in [-0.4, -0.2) is 30.1 Å². The molecule has 0 fully saturated rings. The number of benzene rings is 1. The quantitative estimate of drug-likeness (QED) is 0.685. The molecule has 0 aliphatic rings. The van der Waals surface area contributed by atoms with Gasteiger partial charge in [-0.1, -0.05) is 13.8 Å². The van der Waals surface area contributed by atoms with Crippen LogP contribution in [-0.2, 0) is 0 Å². The summed E-state index contributed by atoms with van der Waals surface area (Å²) in [6, 6.07) is 1.64. The van der Waals surface area contributed by atoms with E-state index in [-0.39, 0.29) is 12.5 Å². The van der Waals surface area contributed by atoms with E-state index in [9.17, 15) is 26.7 Å². The third kappa shape index (κ3) is 4.57. The van der Waals surface area contributed by atoms with Gasteiger partial charge in [0, 0.05) is 6.54 Å². The molecule has 8 heteroatoms. The van der Waals surface area contributed by atoms with Crippen molar-refractivity contribution in [1.82, 2.24) is 4.90 Å². The van der Waals surface area contributed by atoms with Crippen LogP contribution in [0.5, 0.6) is 0 Å². The van der Waals surface area contributed by atoms with Gasteiger partial charge in [-0.3, -0.25) is 4.79 Å². The molecule has 21 heavy (non-hydrogen) atoms. The van der Waals surface area contributed by atoms with Gasteiger partial charge in [-0.2, -0.15) is 13.2 Å². The largest absolute Gasteiger partial charge is 0.406 e. The van der Waals surface area contributed by atoms with Crippen molar-refractivity contribution in [3.8, 4) is 0 Å². The number of halogens is 5. The van der Waals surface area contributed by atoms with E-state index in [4.69, 9.17) is 5.73 Å². The SMILES string of the molecule is CC(C)CN(CC(F)(F)F)C(=O)c1c(F)ccc(N)c1F. The van der Waals surface area contributed by atoms with Crippen molar-refractivity contribution in [3.63, 3.8) is 0 Å². The lowest BCUT2D eigenvalue weighted by atomic mass is 10.1. The van der Waals surface area contributed by atoms with E-state index >= 15 is 0 Å². The van der Waals surface area contributed by atoms with E-state index in [2.05, 4.69) is 0 Å². The molecule has 1 aromatic rings. The molecule has 2 N–H and O–H groups in total. The molecule has 0 saturated carbocycles. The van der Waals surface area contributed by atoms with E-state index in [0.29, 0.717) is 4.90 Å². The summed E-state index contributed by atoms with van der Waals surface area (Å²) in [4.78, 5) is 12.4. The van der Waals surface area contributed by atoms with Gasteiger partial charge in [0.05, 0.1) is 5.69 Å². The zero-order valence-corrected chi connectivity index (χ0v) is 11.5. The number of anilines is 1. The van der Waals surface area contributed by atoms with E-state index in [0.717, 1.165) is 12.1 Å². The van der Waals surface area contributed by atoms with Gasteiger partial charge in [-0.15, -0.1) is 0 Å². The second-order valence-electron chi connectivity index (χ2n) is 5.02. The predicted octanol–water partition coefficient (Wildman–Crippen LogP) is 3.21. The lowest BCUT2D eigenvalue weighted by molar-refractivity contribution is -0.141. The van der Waals surface area contributed by atoms with E-state index in [1.165, 1.54) is 0 Å². The van der Waals surface area contributed by atoms with Gasteiger partial charge in [0.2, 0.25) is 0 Å². The lowest BCUT2D eigenvalue weighted by Crippen LogP contribution is -2.41. The third-order valence-electron chi connectivity index (χ3n) is 2.58. The number of nitrogen functional groups attached to an aromatic ring is 1. The number of hydrogen-bond acceptors (Lipinski definition) is 2. The Hall–Kier alpha value is -1.86. The van der Waals surface area contributed by atoms with Gasteiger partial charge in [-0.05, 0) is 18.1 Å². The number of rotatable bonds is 4. The highest BCUT2D eigenvalue weighted by Gasteiger charge is 2.35. The molecule has 0 heterocycles. The molecule has 0 atom stereocenters. The van der Waals surface area contributed by atoms with Crippen LogP contribution in [0.3, 0.4) is 0 Å². The number of amides is 1. The van der Waals surface area contributed by atoms with Crippen molar-refractivity contribution in [2.45, 2.75) is 20.0 Å². The first kappa shape index (κ1) is 17.2. The molecule has 0 bridgehead atoms. The zero-order valence-electron chi connectivity index (χ0n) is 11.5. The van der Waals surface area contributed by atoms with Crippen LogP contribution < -0.4 is 5.73 Å².